The van der Waals surface area contributed by atoms with E-state index in [4.69, 9.17) is 0 Å². The quantitative estimate of drug-likeness (QED) is 0.216. The van der Waals surface area contributed by atoms with Gasteiger partial charge in [0.1, 0.15) is 0 Å². The largest absolute Gasteiger partial charge is 0.307 e. The Morgan fingerprint density at radius 1 is 0.477 bits per heavy atom. The van der Waals surface area contributed by atoms with Crippen molar-refractivity contribution in [1.29, 1.82) is 15.8 Å². The van der Waals surface area contributed by atoms with Crippen LogP contribution in [0.4, 0.5) is 0 Å². The molecule has 3 heterocycles. The number of hydrogen-bond donors (Lipinski definition) is 0. The van der Waals surface area contributed by atoms with Crippen LogP contribution >= 0.6 is 0 Å². The molecule has 8 rings (SSSR count). The van der Waals surface area contributed by atoms with E-state index in [0.29, 0.717) is 16.7 Å². The predicted molar refractivity (Wildman–Crippen MR) is 172 cm³/mol. The van der Waals surface area contributed by atoms with E-state index >= 15 is 0 Å². The van der Waals surface area contributed by atoms with Crippen LogP contribution in [0, 0.1) is 34.0 Å². The van der Waals surface area contributed by atoms with Crippen LogP contribution in [0.1, 0.15) is 16.7 Å². The Balaban J connectivity index is 1.60. The molecule has 5 aromatic carbocycles. The number of fused-ring (bicyclic) bond motifs is 6. The van der Waals surface area contributed by atoms with Gasteiger partial charge in [-0.15, -0.1) is 0 Å². The van der Waals surface area contributed by atoms with Gasteiger partial charge in [0.15, 0.2) is 0 Å². The molecule has 0 aliphatic rings. The smallest absolute Gasteiger partial charge is 0.0998 e. The minimum Gasteiger partial charge on any atom is -0.307 e. The molecular formula is C38H20N6. The summed E-state index contributed by atoms with van der Waals surface area (Å²) in [5.41, 5.74) is 8.56. The lowest BCUT2D eigenvalue weighted by atomic mass is 9.99. The second-order valence-electron chi connectivity index (χ2n) is 10.6. The van der Waals surface area contributed by atoms with Gasteiger partial charge < -0.3 is 9.13 Å². The van der Waals surface area contributed by atoms with Gasteiger partial charge in [0.05, 0.1) is 68.3 Å². The van der Waals surface area contributed by atoms with Crippen molar-refractivity contribution in [2.45, 2.75) is 0 Å². The molecule has 44 heavy (non-hydrogen) atoms. The molecule has 0 aliphatic carbocycles. The minimum absolute atomic E-state index is 0.510. The van der Waals surface area contributed by atoms with Crippen LogP contribution in [0.5, 0.6) is 0 Å². The Morgan fingerprint density at radius 2 is 0.977 bits per heavy atom. The monoisotopic (exact) mass is 560 g/mol. The van der Waals surface area contributed by atoms with E-state index in [-0.39, 0.29) is 0 Å². The summed E-state index contributed by atoms with van der Waals surface area (Å²) in [6.07, 6.45) is 3.44. The molecule has 0 radical (unpaired) electrons. The molecule has 0 N–H and O–H groups in total. The normalized spacial score (nSPS) is 11.1. The van der Waals surface area contributed by atoms with Gasteiger partial charge in [-0.25, -0.2) is 0 Å². The number of para-hydroxylation sites is 2. The van der Waals surface area contributed by atoms with E-state index in [0.717, 1.165) is 66.1 Å². The zero-order chi connectivity index (χ0) is 29.8. The second-order valence-corrected chi connectivity index (χ2v) is 10.6. The topological polar surface area (TPSA) is 94.1 Å². The first kappa shape index (κ1) is 25.1. The Bertz CT molecular complexity index is 2580. The van der Waals surface area contributed by atoms with Crippen molar-refractivity contribution in [3.63, 3.8) is 0 Å². The summed E-state index contributed by atoms with van der Waals surface area (Å²) in [6.45, 7) is 0. The van der Waals surface area contributed by atoms with Crippen LogP contribution < -0.4 is 0 Å². The third kappa shape index (κ3) is 3.61. The maximum Gasteiger partial charge on any atom is 0.0998 e. The van der Waals surface area contributed by atoms with Crippen LogP contribution in [-0.2, 0) is 0 Å². The van der Waals surface area contributed by atoms with Crippen LogP contribution in [0.15, 0.2) is 122 Å². The van der Waals surface area contributed by atoms with E-state index in [9.17, 15) is 15.8 Å². The highest BCUT2D eigenvalue weighted by molar-refractivity contribution is 6.12. The van der Waals surface area contributed by atoms with Gasteiger partial charge in [-0.3, -0.25) is 4.98 Å². The molecule has 0 fully saturated rings. The van der Waals surface area contributed by atoms with Crippen LogP contribution in [0.2, 0.25) is 0 Å². The number of aromatic nitrogens is 3. The van der Waals surface area contributed by atoms with E-state index in [1.54, 1.807) is 12.4 Å². The van der Waals surface area contributed by atoms with E-state index in [2.05, 4.69) is 62.7 Å². The standard InChI is InChI=1S/C38H20N6/c39-21-24-9-11-30-28-5-1-3-7-33(28)43(35(30)17-24)37-19-27(23-41)32(26-13-15-42-16-14-26)20-38(37)44-34-8-4-2-6-29(34)31-12-10-25(22-40)18-36(31)44/h1-20H. The van der Waals surface area contributed by atoms with E-state index in [1.807, 2.05) is 78.9 Å². The van der Waals surface area contributed by atoms with Crippen molar-refractivity contribution >= 4 is 43.6 Å². The fraction of sp³-hybridized carbons (Fsp3) is 0. The Hall–Kier alpha value is -6.68. The maximum atomic E-state index is 10.5. The van der Waals surface area contributed by atoms with Crippen molar-refractivity contribution < 1.29 is 0 Å². The van der Waals surface area contributed by atoms with Crippen LogP contribution in [-0.4, -0.2) is 14.1 Å². The molecule has 0 amide bonds. The van der Waals surface area contributed by atoms with Gasteiger partial charge in [0, 0.05) is 39.5 Å². The van der Waals surface area contributed by atoms with Gasteiger partial charge in [0.25, 0.3) is 0 Å². The fourth-order valence-corrected chi connectivity index (χ4v) is 6.40. The molecule has 0 aliphatic heterocycles. The molecule has 202 valence electrons. The van der Waals surface area contributed by atoms with Crippen molar-refractivity contribution in [3.05, 3.63) is 138 Å². The molecule has 0 unspecified atom stereocenters. The predicted octanol–water partition coefficient (Wildman–Crippen LogP) is 8.56. The Kier molecular flexibility index (Phi) is 5.53. The summed E-state index contributed by atoms with van der Waals surface area (Å²) in [5.74, 6) is 0. The van der Waals surface area contributed by atoms with Crippen molar-refractivity contribution in [3.8, 4) is 40.7 Å². The molecule has 0 saturated carbocycles. The highest BCUT2D eigenvalue weighted by atomic mass is 15.1. The van der Waals surface area contributed by atoms with Crippen molar-refractivity contribution in [1.82, 2.24) is 14.1 Å². The van der Waals surface area contributed by atoms with Gasteiger partial charge in [-0.2, -0.15) is 15.8 Å². The first-order valence-electron chi connectivity index (χ1n) is 14.1. The summed E-state index contributed by atoms with van der Waals surface area (Å²) < 4.78 is 4.33. The van der Waals surface area contributed by atoms with Crippen LogP contribution in [0.25, 0.3) is 66.1 Å². The Morgan fingerprint density at radius 3 is 1.50 bits per heavy atom. The summed E-state index contributed by atoms with van der Waals surface area (Å²) >= 11 is 0. The van der Waals surface area contributed by atoms with Gasteiger partial charge in [0.2, 0.25) is 0 Å². The van der Waals surface area contributed by atoms with Gasteiger partial charge in [-0.05, 0) is 66.2 Å². The lowest BCUT2D eigenvalue weighted by molar-refractivity contribution is 1.09. The van der Waals surface area contributed by atoms with Crippen LogP contribution in [0.3, 0.4) is 0 Å². The minimum atomic E-state index is 0.510. The van der Waals surface area contributed by atoms with E-state index in [1.165, 1.54) is 0 Å². The highest BCUT2D eigenvalue weighted by Gasteiger charge is 2.22. The molecular weight excluding hydrogens is 540 g/mol. The maximum absolute atomic E-state index is 10.5. The molecule has 0 spiro atoms. The lowest BCUT2D eigenvalue weighted by Gasteiger charge is -2.19. The number of benzene rings is 5. The molecule has 0 saturated heterocycles. The molecule has 6 nitrogen and oxygen atoms in total. The highest BCUT2D eigenvalue weighted by Crippen LogP contribution is 2.41. The van der Waals surface area contributed by atoms with Crippen molar-refractivity contribution in [2.24, 2.45) is 0 Å². The number of nitriles is 3. The number of rotatable bonds is 3. The zero-order valence-electron chi connectivity index (χ0n) is 23.2. The molecule has 0 bridgehead atoms. The fourth-order valence-electron chi connectivity index (χ4n) is 6.40. The molecule has 3 aromatic heterocycles. The lowest BCUT2D eigenvalue weighted by Crippen LogP contribution is -2.05. The van der Waals surface area contributed by atoms with Crippen molar-refractivity contribution in [2.75, 3.05) is 0 Å². The molecule has 0 atom stereocenters. The van der Waals surface area contributed by atoms with Gasteiger partial charge in [-0.1, -0.05) is 48.5 Å². The number of pyridine rings is 1. The zero-order valence-corrected chi connectivity index (χ0v) is 23.2. The third-order valence-electron chi connectivity index (χ3n) is 8.31. The summed E-state index contributed by atoms with van der Waals surface area (Å²) in [4.78, 5) is 4.19. The first-order valence-corrected chi connectivity index (χ1v) is 14.1. The Labute approximate surface area is 252 Å². The van der Waals surface area contributed by atoms with E-state index < -0.39 is 0 Å². The molecule has 6 heteroatoms. The third-order valence-corrected chi connectivity index (χ3v) is 8.31. The average molecular weight is 561 g/mol. The summed E-state index contributed by atoms with van der Waals surface area (Å²) in [7, 11) is 0. The summed E-state index contributed by atoms with van der Waals surface area (Å²) in [6, 6.07) is 42.7. The number of hydrogen-bond acceptors (Lipinski definition) is 4. The second kappa shape index (κ2) is 9.71. The average Bonchev–Trinajstić information content (AvgIpc) is 3.59. The SMILES string of the molecule is N#Cc1ccc2c3ccccc3n(-c3cc(C#N)c(-c4ccncc4)cc3-n3c4ccccc4c4ccc(C#N)cc43)c2c1. The first-order chi connectivity index (χ1) is 21.7. The van der Waals surface area contributed by atoms with Gasteiger partial charge >= 0.3 is 0 Å². The summed E-state index contributed by atoms with van der Waals surface area (Å²) in [5, 5.41) is 34.3. The molecule has 8 aromatic rings. The number of nitrogens with zero attached hydrogens (tertiary/aromatic N) is 6.